The minimum atomic E-state index is 0.568. The van der Waals surface area contributed by atoms with E-state index >= 15 is 0 Å². The molecule has 0 fully saturated rings. The Labute approximate surface area is 79.9 Å². The van der Waals surface area contributed by atoms with E-state index < -0.39 is 0 Å². The highest BCUT2D eigenvalue weighted by Crippen LogP contribution is 2.09. The Morgan fingerprint density at radius 1 is 1.31 bits per heavy atom. The maximum absolute atomic E-state index is 4.00. The monoisotopic (exact) mass is 172 g/mol. The summed E-state index contributed by atoms with van der Waals surface area (Å²) < 4.78 is 0. The Morgan fingerprint density at radius 3 is 2.46 bits per heavy atom. The standard InChI is InChI=1S/C13H16/c1-5-6-12-7-8-13(10(2)3)9-11(12)4/h5-10H,1,4H2,2-3H3/b12-6-. The molecule has 0 saturated heterocycles. The lowest BCUT2D eigenvalue weighted by atomic mass is 10.0. The first kappa shape index (κ1) is 9.79. The molecule has 0 radical (unpaired) electrons. The molecule has 1 rings (SSSR count). The Bertz CT molecular complexity index is 397. The first-order chi connectivity index (χ1) is 6.15. The van der Waals surface area contributed by atoms with Crippen LogP contribution in [0.25, 0.3) is 12.7 Å². The van der Waals surface area contributed by atoms with Crippen molar-refractivity contribution in [3.05, 3.63) is 46.9 Å². The average Bonchev–Trinajstić information content (AvgIpc) is 2.08. The van der Waals surface area contributed by atoms with E-state index in [9.17, 15) is 0 Å². The van der Waals surface area contributed by atoms with Crippen LogP contribution in [0.3, 0.4) is 0 Å². The molecule has 0 aliphatic carbocycles. The van der Waals surface area contributed by atoms with Crippen molar-refractivity contribution in [2.75, 3.05) is 0 Å². The number of hydrogen-bond acceptors (Lipinski definition) is 0. The molecule has 0 bridgehead atoms. The fraction of sp³-hybridized carbons (Fsp3) is 0.231. The molecule has 0 aromatic heterocycles. The van der Waals surface area contributed by atoms with Gasteiger partial charge in [-0.2, -0.15) is 0 Å². The van der Waals surface area contributed by atoms with Crippen LogP contribution in [0.4, 0.5) is 0 Å². The normalized spacial score (nSPS) is 12.1. The lowest BCUT2D eigenvalue weighted by molar-refractivity contribution is 0.865. The summed E-state index contributed by atoms with van der Waals surface area (Å²) in [5, 5.41) is 2.23. The maximum Gasteiger partial charge on any atom is -0.0190 e. The topological polar surface area (TPSA) is 0 Å². The molecule has 13 heavy (non-hydrogen) atoms. The number of allylic oxidation sites excluding steroid dienone is 1. The lowest BCUT2D eigenvalue weighted by Gasteiger charge is -2.03. The summed E-state index contributed by atoms with van der Waals surface area (Å²) in [6.45, 7) is 12.0. The van der Waals surface area contributed by atoms with Crippen molar-refractivity contribution in [3.8, 4) is 0 Å². The van der Waals surface area contributed by atoms with Crippen molar-refractivity contribution < 1.29 is 0 Å². The van der Waals surface area contributed by atoms with Crippen LogP contribution >= 0.6 is 0 Å². The zero-order valence-corrected chi connectivity index (χ0v) is 8.38. The summed E-state index contributed by atoms with van der Waals surface area (Å²) in [5.41, 5.74) is 1.34. The molecule has 68 valence electrons. The molecule has 0 amide bonds. The van der Waals surface area contributed by atoms with Crippen LogP contribution in [0.2, 0.25) is 0 Å². The fourth-order valence-corrected chi connectivity index (χ4v) is 1.27. The average molecular weight is 172 g/mol. The van der Waals surface area contributed by atoms with Crippen molar-refractivity contribution in [2.24, 2.45) is 0 Å². The first-order valence-electron chi connectivity index (χ1n) is 4.57. The molecular formula is C13H16. The van der Waals surface area contributed by atoms with Crippen LogP contribution in [0.5, 0.6) is 0 Å². The lowest BCUT2D eigenvalue weighted by Crippen LogP contribution is -2.22. The number of benzene rings is 1. The first-order valence-corrected chi connectivity index (χ1v) is 4.57. The Balaban J connectivity index is 3.29. The molecule has 0 aliphatic heterocycles. The van der Waals surface area contributed by atoms with Crippen molar-refractivity contribution >= 4 is 12.7 Å². The van der Waals surface area contributed by atoms with Gasteiger partial charge in [0.25, 0.3) is 0 Å². The van der Waals surface area contributed by atoms with Crippen LogP contribution in [0.1, 0.15) is 25.3 Å². The second kappa shape index (κ2) is 4.08. The molecule has 0 unspecified atom stereocenters. The summed E-state index contributed by atoms with van der Waals surface area (Å²) in [6, 6.07) is 6.38. The van der Waals surface area contributed by atoms with Gasteiger partial charge in [0.05, 0.1) is 0 Å². The third kappa shape index (κ3) is 2.32. The van der Waals surface area contributed by atoms with Gasteiger partial charge in [-0.05, 0) is 21.9 Å². The predicted octanol–water partition coefficient (Wildman–Crippen LogP) is 2.19. The molecule has 0 heterocycles. The second-order valence-electron chi connectivity index (χ2n) is 3.52. The van der Waals surface area contributed by atoms with E-state index in [0.29, 0.717) is 5.92 Å². The van der Waals surface area contributed by atoms with Gasteiger partial charge in [-0.3, -0.25) is 0 Å². The van der Waals surface area contributed by atoms with Gasteiger partial charge in [-0.25, -0.2) is 0 Å². The molecule has 0 atom stereocenters. The molecular weight excluding hydrogens is 156 g/mol. The highest BCUT2D eigenvalue weighted by atomic mass is 14.0. The molecule has 0 heteroatoms. The summed E-state index contributed by atoms with van der Waals surface area (Å²) in [6.07, 6.45) is 3.77. The van der Waals surface area contributed by atoms with Crippen molar-refractivity contribution in [1.82, 2.24) is 0 Å². The molecule has 0 nitrogen and oxygen atoms in total. The van der Waals surface area contributed by atoms with Gasteiger partial charge in [0, 0.05) is 0 Å². The van der Waals surface area contributed by atoms with E-state index in [1.165, 1.54) is 5.56 Å². The summed E-state index contributed by atoms with van der Waals surface area (Å²) in [7, 11) is 0. The van der Waals surface area contributed by atoms with Crippen LogP contribution in [0.15, 0.2) is 30.9 Å². The highest BCUT2D eigenvalue weighted by molar-refractivity contribution is 5.37. The van der Waals surface area contributed by atoms with Crippen LogP contribution in [0, 0.1) is 0 Å². The minimum Gasteiger partial charge on any atom is -0.0990 e. The Hall–Kier alpha value is -1.30. The Kier molecular flexibility index (Phi) is 3.07. The zero-order valence-electron chi connectivity index (χ0n) is 8.38. The van der Waals surface area contributed by atoms with Crippen molar-refractivity contribution in [2.45, 2.75) is 19.8 Å². The van der Waals surface area contributed by atoms with E-state index in [-0.39, 0.29) is 0 Å². The quantitative estimate of drug-likeness (QED) is 0.641. The number of hydrogen-bond donors (Lipinski definition) is 0. The van der Waals surface area contributed by atoms with Crippen LogP contribution in [-0.2, 0) is 0 Å². The van der Waals surface area contributed by atoms with Gasteiger partial charge >= 0.3 is 0 Å². The molecule has 0 N–H and O–H groups in total. The Morgan fingerprint density at radius 2 is 2.00 bits per heavy atom. The van der Waals surface area contributed by atoms with E-state index in [2.05, 4.69) is 45.2 Å². The SMILES string of the molecule is C=C/C=c1/ccc(C(C)C)cc1=C. The largest absolute Gasteiger partial charge is 0.0990 e. The minimum absolute atomic E-state index is 0.568. The predicted molar refractivity (Wildman–Crippen MR) is 60.0 cm³/mol. The van der Waals surface area contributed by atoms with Crippen molar-refractivity contribution in [1.29, 1.82) is 0 Å². The van der Waals surface area contributed by atoms with Crippen LogP contribution in [-0.4, -0.2) is 0 Å². The van der Waals surface area contributed by atoms with E-state index in [1.807, 2.05) is 6.08 Å². The van der Waals surface area contributed by atoms with Gasteiger partial charge in [0.1, 0.15) is 0 Å². The molecule has 0 saturated carbocycles. The summed E-state index contributed by atoms with van der Waals surface area (Å²) >= 11 is 0. The summed E-state index contributed by atoms with van der Waals surface area (Å²) in [5.74, 6) is 0.568. The van der Waals surface area contributed by atoms with Crippen molar-refractivity contribution in [3.63, 3.8) is 0 Å². The van der Waals surface area contributed by atoms with E-state index in [4.69, 9.17) is 0 Å². The third-order valence-corrected chi connectivity index (χ3v) is 2.13. The molecule has 0 spiro atoms. The smallest absolute Gasteiger partial charge is 0.0190 e. The zero-order chi connectivity index (χ0) is 9.84. The van der Waals surface area contributed by atoms with Gasteiger partial charge in [0.2, 0.25) is 0 Å². The second-order valence-corrected chi connectivity index (χ2v) is 3.52. The van der Waals surface area contributed by atoms with Gasteiger partial charge in [0.15, 0.2) is 0 Å². The van der Waals surface area contributed by atoms with E-state index in [1.54, 1.807) is 6.08 Å². The maximum atomic E-state index is 4.00. The third-order valence-electron chi connectivity index (χ3n) is 2.13. The molecule has 1 aromatic carbocycles. The van der Waals surface area contributed by atoms with Crippen LogP contribution < -0.4 is 10.4 Å². The van der Waals surface area contributed by atoms with Gasteiger partial charge in [-0.1, -0.05) is 57.4 Å². The molecule has 1 aromatic rings. The van der Waals surface area contributed by atoms with E-state index in [0.717, 1.165) is 10.4 Å². The van der Waals surface area contributed by atoms with Gasteiger partial charge < -0.3 is 0 Å². The summed E-state index contributed by atoms with van der Waals surface area (Å²) in [4.78, 5) is 0. The number of rotatable bonds is 2. The van der Waals surface area contributed by atoms with Gasteiger partial charge in [-0.15, -0.1) is 0 Å². The molecule has 0 aliphatic rings. The fourth-order valence-electron chi connectivity index (χ4n) is 1.27. The highest BCUT2D eigenvalue weighted by Gasteiger charge is 1.96.